The molecule has 63 heavy (non-hydrogen) atoms. The normalized spacial score (nSPS) is 22.1. The van der Waals surface area contributed by atoms with Crippen molar-refractivity contribution in [3.05, 3.63) is 12.2 Å². The summed E-state index contributed by atoms with van der Waals surface area (Å²) >= 11 is 0. The largest absolute Gasteiger partial charge is 0.726 e. The first-order chi connectivity index (χ1) is 29.7. The van der Waals surface area contributed by atoms with E-state index in [9.17, 15) is 36.8 Å². The molecule has 0 amide bonds. The lowest BCUT2D eigenvalue weighted by Gasteiger charge is -2.38. The Balaban J connectivity index is 1.63. The molecule has 0 aromatic rings. The van der Waals surface area contributed by atoms with Crippen molar-refractivity contribution in [2.24, 2.45) is 5.73 Å². The van der Waals surface area contributed by atoms with Crippen molar-refractivity contribution in [1.82, 2.24) is 0 Å². The van der Waals surface area contributed by atoms with Gasteiger partial charge in [-0.3, -0.25) is 22.8 Å². The van der Waals surface area contributed by atoms with Crippen LogP contribution in [-0.4, -0.2) is 137 Å². The second-order valence-corrected chi connectivity index (χ2v) is 19.9. The second kappa shape index (κ2) is 30.3. The number of rotatable bonds is 37. The topological polar surface area (TPSA) is 255 Å². The average Bonchev–Trinajstić information content (AvgIpc) is 3.48. The predicted octanol–water partition coefficient (Wildman–Crippen LogP) is 5.86. The Hall–Kier alpha value is -2.07. The fraction of sp³-hybridized carbons (Fsp3) is 0.881. The summed E-state index contributed by atoms with van der Waals surface area (Å²) in [4.78, 5) is 45.9. The average molecular weight is 945 g/mol. The van der Waals surface area contributed by atoms with E-state index >= 15 is 0 Å². The van der Waals surface area contributed by atoms with Crippen LogP contribution in [0, 0.1) is 0 Å². The van der Waals surface area contributed by atoms with Crippen molar-refractivity contribution >= 4 is 36.1 Å². The number of likely N-dealkylation sites (N-methyl/N-ethyl adjacent to an activating group) is 1. The highest BCUT2D eigenvalue weighted by Crippen LogP contribution is 2.46. The molecule has 19 nitrogen and oxygen atoms in total. The van der Waals surface area contributed by atoms with Crippen molar-refractivity contribution in [2.75, 3.05) is 60.7 Å². The first-order valence-electron chi connectivity index (χ1n) is 22.6. The van der Waals surface area contributed by atoms with Gasteiger partial charge in [-0.1, -0.05) is 83.1 Å². The van der Waals surface area contributed by atoms with Gasteiger partial charge >= 0.3 is 25.7 Å². The number of fused-ring (bicyclic) bond motifs is 2. The quantitative estimate of drug-likeness (QED) is 0.00850. The van der Waals surface area contributed by atoms with Crippen LogP contribution < -0.4 is 5.73 Å². The zero-order chi connectivity index (χ0) is 46.8. The van der Waals surface area contributed by atoms with E-state index < -0.39 is 67.6 Å². The number of hydrogen-bond acceptors (Lipinski definition) is 17. The molecular weight excluding hydrogens is 868 g/mol. The molecule has 2 aliphatic heterocycles. The van der Waals surface area contributed by atoms with Crippen LogP contribution in [0.4, 0.5) is 0 Å². The summed E-state index contributed by atoms with van der Waals surface area (Å²) in [5.41, 5.74) is 5.57. The molecule has 2 heterocycles. The van der Waals surface area contributed by atoms with Crippen molar-refractivity contribution in [3.8, 4) is 0 Å². The Morgan fingerprint density at radius 3 is 2.06 bits per heavy atom. The molecule has 7 atom stereocenters. The third-order valence-electron chi connectivity index (χ3n) is 10.6. The first-order valence-corrected chi connectivity index (χ1v) is 25.4. The van der Waals surface area contributed by atoms with Crippen molar-refractivity contribution in [1.29, 1.82) is 0 Å². The molecule has 2 fully saturated rings. The minimum absolute atomic E-state index is 0.0224. The Morgan fingerprint density at radius 2 is 1.46 bits per heavy atom. The lowest BCUT2D eigenvalue weighted by Crippen LogP contribution is -2.49. The number of nitrogens with two attached hydrogens (primary N) is 1. The lowest BCUT2D eigenvalue weighted by molar-refractivity contribution is -0.870. The van der Waals surface area contributed by atoms with Crippen LogP contribution in [0.15, 0.2) is 12.2 Å². The third-order valence-corrected chi connectivity index (χ3v) is 12.0. The van der Waals surface area contributed by atoms with E-state index in [1.807, 2.05) is 21.1 Å². The van der Waals surface area contributed by atoms with E-state index in [-0.39, 0.29) is 31.4 Å². The van der Waals surface area contributed by atoms with Crippen molar-refractivity contribution < 1.29 is 82.9 Å². The van der Waals surface area contributed by atoms with E-state index in [4.69, 9.17) is 43.2 Å². The fourth-order valence-electron chi connectivity index (χ4n) is 7.31. The molecule has 3 N–H and O–H groups in total. The number of unbranched alkanes of at least 4 members (excludes halogenated alkanes) is 14. The van der Waals surface area contributed by atoms with E-state index in [1.165, 1.54) is 45.6 Å². The summed E-state index contributed by atoms with van der Waals surface area (Å²) < 4.78 is 92.7. The predicted molar refractivity (Wildman–Crippen MR) is 230 cm³/mol. The summed E-state index contributed by atoms with van der Waals surface area (Å²) in [6, 6.07) is 0. The Labute approximate surface area is 375 Å². The maximum absolute atomic E-state index is 12.5. The maximum Gasteiger partial charge on any atom is 0.472 e. The molecule has 2 saturated heterocycles. The molecule has 21 heteroatoms. The van der Waals surface area contributed by atoms with E-state index in [2.05, 4.69) is 4.18 Å². The van der Waals surface area contributed by atoms with Crippen LogP contribution in [0.3, 0.4) is 0 Å². The first kappa shape index (κ1) is 57.1. The molecule has 0 aliphatic carbocycles. The molecule has 0 saturated carbocycles. The molecule has 3 unspecified atom stereocenters. The summed E-state index contributed by atoms with van der Waals surface area (Å²) in [5, 5.41) is 0. The number of carbonyl (C=O) groups excluding carboxylic acids is 3. The Bertz CT molecular complexity index is 1510. The molecule has 0 aromatic heterocycles. The highest BCUT2D eigenvalue weighted by Gasteiger charge is 2.56. The van der Waals surface area contributed by atoms with Gasteiger partial charge in [-0.2, -0.15) is 0 Å². The van der Waals surface area contributed by atoms with Crippen LogP contribution >= 0.6 is 7.82 Å². The molecule has 0 spiro atoms. The van der Waals surface area contributed by atoms with Crippen molar-refractivity contribution in [2.45, 2.75) is 179 Å². The summed E-state index contributed by atoms with van der Waals surface area (Å²) in [6.07, 6.45) is 19.5. The molecule has 368 valence electrons. The number of phosphoric acid groups is 1. The summed E-state index contributed by atoms with van der Waals surface area (Å²) in [7, 11) is -3.47. The fourth-order valence-corrected chi connectivity index (χ4v) is 8.35. The van der Waals surface area contributed by atoms with Gasteiger partial charge in [0.25, 0.3) is 0 Å². The number of quaternary nitrogens is 1. The Morgan fingerprint density at radius 1 is 0.841 bits per heavy atom. The minimum Gasteiger partial charge on any atom is -0.726 e. The van der Waals surface area contributed by atoms with E-state index in [0.717, 1.165) is 83.5 Å². The van der Waals surface area contributed by atoms with Gasteiger partial charge in [0.05, 0.1) is 40.0 Å². The molecule has 0 aromatic carbocycles. The van der Waals surface area contributed by atoms with E-state index in [1.54, 1.807) is 6.08 Å². The number of esters is 3. The van der Waals surface area contributed by atoms with Crippen LogP contribution in [-0.2, 0) is 71.0 Å². The maximum atomic E-state index is 12.5. The van der Waals surface area contributed by atoms with Crippen LogP contribution in [0.25, 0.3) is 0 Å². The van der Waals surface area contributed by atoms with Gasteiger partial charge in [-0.05, 0) is 44.9 Å². The monoisotopic (exact) mass is 944 g/mol. The number of ether oxygens (including phenoxy) is 6. The van der Waals surface area contributed by atoms with Crippen LogP contribution in [0.5, 0.6) is 0 Å². The highest BCUT2D eigenvalue weighted by molar-refractivity contribution is 7.80. The summed E-state index contributed by atoms with van der Waals surface area (Å²) in [5.74, 6) is -2.57. The smallest absolute Gasteiger partial charge is 0.472 e. The zero-order valence-corrected chi connectivity index (χ0v) is 40.0. The van der Waals surface area contributed by atoms with Crippen LogP contribution in [0.1, 0.15) is 142 Å². The minimum atomic E-state index is -4.76. The molecule has 0 radical (unpaired) electrons. The molecule has 2 rings (SSSR count). The van der Waals surface area contributed by atoms with Gasteiger partial charge in [0.15, 0.2) is 12.2 Å². The second-order valence-electron chi connectivity index (χ2n) is 17.4. The molecule has 2 bridgehead atoms. The molecular formula is C42H77N2O17PS. The standard InChI is InChI=1S/C42H77N2O17PS/c1-34(45)54-31-36(32-56-62(48,49)55-30-28-44(3,4)5)59-41(47)24-20-16-14-15-19-23-37-38-25-26-39(58-35(2)46)42(60-37,61-38)27-21-17-12-10-8-6-7-9-11-13-18-22-29-53-40(43)33-57-63(50,51)52/h20,24,36-40H,6-19,21-23,25-33,43H2,1-5H3,(H-,48,49,50,51,52)/b24-20+/t36?,37-,38+,39+,40?,42+/m1/s1. The lowest BCUT2D eigenvalue weighted by atomic mass is 9.93. The number of carbonyl (C=O) groups is 3. The summed E-state index contributed by atoms with van der Waals surface area (Å²) in [6.45, 7) is 2.11. The van der Waals surface area contributed by atoms with Gasteiger partial charge in [-0.25, -0.2) is 17.8 Å². The van der Waals surface area contributed by atoms with Gasteiger partial charge in [-0.15, -0.1) is 0 Å². The van der Waals surface area contributed by atoms with Gasteiger partial charge in [0, 0.05) is 33.0 Å². The SMILES string of the molecule is CC(=O)OCC(COP(=O)(O)OCC[N+](C)(C)C)OC(=O)/C=C/CCCCC[C@H]1O[C@@]2(CCCCCCCCCCCCCCOC(N)COS(=O)(=O)[O-])O[C@H]1CC[C@@H]2OC(C)=O. The highest BCUT2D eigenvalue weighted by atomic mass is 32.3. The number of hydrogen-bond donors (Lipinski definition) is 2. The third kappa shape index (κ3) is 27.9. The van der Waals surface area contributed by atoms with Crippen molar-refractivity contribution in [3.63, 3.8) is 0 Å². The van der Waals surface area contributed by atoms with Gasteiger partial charge < -0.3 is 48.1 Å². The number of allylic oxidation sites excluding steroid dienone is 1. The number of phosphoric ester groups is 1. The number of nitrogens with zero attached hydrogens (tertiary/aromatic N) is 1. The van der Waals surface area contributed by atoms with E-state index in [0.29, 0.717) is 36.9 Å². The van der Waals surface area contributed by atoms with Gasteiger partial charge in [0.1, 0.15) is 32.6 Å². The molecule has 2 aliphatic rings. The van der Waals surface area contributed by atoms with Crippen LogP contribution in [0.2, 0.25) is 0 Å². The van der Waals surface area contributed by atoms with Gasteiger partial charge in [0.2, 0.25) is 16.2 Å². The zero-order valence-electron chi connectivity index (χ0n) is 38.3. The Kier molecular flexibility index (Phi) is 27.4.